The van der Waals surface area contributed by atoms with Crippen LogP contribution in [0.1, 0.15) is 77.0 Å². The fourth-order valence-corrected chi connectivity index (χ4v) is 8.66. The molecular formula is C16H30Si. The minimum Gasteiger partial charge on any atom is -0.0533 e. The molecule has 98 valence electrons. The van der Waals surface area contributed by atoms with Gasteiger partial charge in [-0.15, -0.1) is 0 Å². The zero-order valence-electron chi connectivity index (χ0n) is 11.5. The Kier molecular flexibility index (Phi) is 4.26. The molecule has 4 unspecified atom stereocenters. The summed E-state index contributed by atoms with van der Waals surface area (Å²) < 4.78 is 0. The summed E-state index contributed by atoms with van der Waals surface area (Å²) in [5, 5.41) is 0. The van der Waals surface area contributed by atoms with Crippen LogP contribution in [0, 0.1) is 11.8 Å². The van der Waals surface area contributed by atoms with Crippen molar-refractivity contribution in [1.82, 2.24) is 0 Å². The molecule has 2 aliphatic carbocycles. The van der Waals surface area contributed by atoms with Crippen LogP contribution < -0.4 is 0 Å². The van der Waals surface area contributed by atoms with Crippen LogP contribution in [0.4, 0.5) is 0 Å². The van der Waals surface area contributed by atoms with E-state index in [4.69, 9.17) is 0 Å². The summed E-state index contributed by atoms with van der Waals surface area (Å²) in [7, 11) is 0.250. The van der Waals surface area contributed by atoms with Gasteiger partial charge in [0.2, 0.25) is 0 Å². The summed E-state index contributed by atoms with van der Waals surface area (Å²) in [5.41, 5.74) is 2.54. The van der Waals surface area contributed by atoms with Crippen molar-refractivity contribution >= 4 is 9.52 Å². The third-order valence-electron chi connectivity index (χ3n) is 6.15. The number of fused-ring (bicyclic) bond motifs is 2. The van der Waals surface area contributed by atoms with E-state index < -0.39 is 0 Å². The fourth-order valence-electron chi connectivity index (χ4n) is 5.12. The van der Waals surface area contributed by atoms with Crippen LogP contribution in [0.3, 0.4) is 0 Å². The molecule has 1 saturated heterocycles. The molecule has 0 radical (unpaired) electrons. The molecule has 3 fully saturated rings. The maximum atomic E-state index is 1.64. The summed E-state index contributed by atoms with van der Waals surface area (Å²) in [6.07, 6.45) is 19.1. The molecule has 2 saturated carbocycles. The highest BCUT2D eigenvalue weighted by atomic mass is 28.2. The smallest absolute Gasteiger partial charge is 0.0271 e. The van der Waals surface area contributed by atoms with Gasteiger partial charge in [-0.3, -0.25) is 0 Å². The van der Waals surface area contributed by atoms with Gasteiger partial charge in [0.15, 0.2) is 0 Å². The van der Waals surface area contributed by atoms with Gasteiger partial charge < -0.3 is 0 Å². The Labute approximate surface area is 110 Å². The molecule has 1 heteroatoms. The lowest BCUT2D eigenvalue weighted by atomic mass is 9.81. The zero-order chi connectivity index (χ0) is 11.5. The standard InChI is InChI=1S/C16H30Si/c1-2-4-9-15-13(7-3-1)11-12-14-8-5-6-10-16(14)17-15/h13-16H,1-12,17H2. The molecule has 0 aromatic carbocycles. The molecule has 4 atom stereocenters. The molecular weight excluding hydrogens is 220 g/mol. The molecule has 0 spiro atoms. The zero-order valence-corrected chi connectivity index (χ0v) is 12.9. The average molecular weight is 251 g/mol. The minimum absolute atomic E-state index is 0.250. The second-order valence-corrected chi connectivity index (χ2v) is 9.70. The Balaban J connectivity index is 1.67. The first-order valence-electron chi connectivity index (χ1n) is 8.43. The first-order chi connectivity index (χ1) is 8.43. The van der Waals surface area contributed by atoms with Crippen LogP contribution >= 0.6 is 0 Å². The maximum absolute atomic E-state index is 1.64. The Bertz CT molecular complexity index is 238. The van der Waals surface area contributed by atoms with E-state index in [1.54, 1.807) is 70.6 Å². The van der Waals surface area contributed by atoms with Gasteiger partial charge in [-0.1, -0.05) is 77.0 Å². The second kappa shape index (κ2) is 5.91. The lowest BCUT2D eigenvalue weighted by Crippen LogP contribution is -2.22. The molecule has 0 amide bonds. The van der Waals surface area contributed by atoms with Gasteiger partial charge in [0, 0.05) is 9.52 Å². The highest BCUT2D eigenvalue weighted by Crippen LogP contribution is 2.47. The van der Waals surface area contributed by atoms with Gasteiger partial charge in [-0.05, 0) is 22.9 Å². The van der Waals surface area contributed by atoms with Crippen molar-refractivity contribution < 1.29 is 0 Å². The van der Waals surface area contributed by atoms with Crippen molar-refractivity contribution in [2.75, 3.05) is 0 Å². The van der Waals surface area contributed by atoms with E-state index in [0.717, 1.165) is 0 Å². The van der Waals surface area contributed by atoms with E-state index >= 15 is 0 Å². The first kappa shape index (κ1) is 12.3. The van der Waals surface area contributed by atoms with Crippen LogP contribution in [0.15, 0.2) is 0 Å². The largest absolute Gasteiger partial charge is 0.0533 e. The van der Waals surface area contributed by atoms with E-state index in [2.05, 4.69) is 0 Å². The van der Waals surface area contributed by atoms with Crippen molar-refractivity contribution in [3.63, 3.8) is 0 Å². The summed E-state index contributed by atoms with van der Waals surface area (Å²) in [4.78, 5) is 0. The third-order valence-corrected chi connectivity index (χ3v) is 9.51. The van der Waals surface area contributed by atoms with Gasteiger partial charge in [-0.2, -0.15) is 0 Å². The van der Waals surface area contributed by atoms with E-state index in [9.17, 15) is 0 Å². The first-order valence-corrected chi connectivity index (χ1v) is 10.1. The molecule has 3 rings (SSSR count). The molecule has 0 nitrogen and oxygen atoms in total. The van der Waals surface area contributed by atoms with Crippen molar-refractivity contribution in [1.29, 1.82) is 0 Å². The normalized spacial score (nSPS) is 45.2. The predicted molar refractivity (Wildman–Crippen MR) is 78.4 cm³/mol. The van der Waals surface area contributed by atoms with Crippen LogP contribution in [0.25, 0.3) is 0 Å². The topological polar surface area (TPSA) is 0 Å². The number of hydrogen-bond donors (Lipinski definition) is 0. The van der Waals surface area contributed by atoms with E-state index in [1.165, 1.54) is 29.3 Å². The number of rotatable bonds is 0. The molecule has 0 aromatic heterocycles. The Morgan fingerprint density at radius 3 is 1.59 bits per heavy atom. The number of hydrogen-bond acceptors (Lipinski definition) is 0. The van der Waals surface area contributed by atoms with E-state index in [-0.39, 0.29) is 9.52 Å². The van der Waals surface area contributed by atoms with Crippen molar-refractivity contribution in [2.45, 2.75) is 88.1 Å². The van der Waals surface area contributed by atoms with Crippen LogP contribution in [-0.2, 0) is 0 Å². The molecule has 17 heavy (non-hydrogen) atoms. The third kappa shape index (κ3) is 2.97. The summed E-state index contributed by atoms with van der Waals surface area (Å²) in [6, 6.07) is 0. The molecule has 1 heterocycles. The van der Waals surface area contributed by atoms with Gasteiger partial charge >= 0.3 is 0 Å². The van der Waals surface area contributed by atoms with Crippen LogP contribution in [0.2, 0.25) is 11.1 Å². The second-order valence-electron chi connectivity index (χ2n) is 7.13. The maximum Gasteiger partial charge on any atom is 0.0271 e. The fraction of sp³-hybridized carbons (Fsp3) is 1.00. The quantitative estimate of drug-likeness (QED) is 0.547. The van der Waals surface area contributed by atoms with Gasteiger partial charge in [0.1, 0.15) is 0 Å². The van der Waals surface area contributed by atoms with Gasteiger partial charge in [0.25, 0.3) is 0 Å². The Morgan fingerprint density at radius 1 is 0.471 bits per heavy atom. The van der Waals surface area contributed by atoms with Gasteiger partial charge in [0.05, 0.1) is 0 Å². The van der Waals surface area contributed by atoms with Crippen LogP contribution in [0.5, 0.6) is 0 Å². The summed E-state index contributed by atoms with van der Waals surface area (Å²) >= 11 is 0. The monoisotopic (exact) mass is 250 g/mol. The lowest BCUT2D eigenvalue weighted by Gasteiger charge is -2.32. The molecule has 0 aromatic rings. The van der Waals surface area contributed by atoms with Gasteiger partial charge in [-0.25, -0.2) is 0 Å². The van der Waals surface area contributed by atoms with Crippen molar-refractivity contribution in [3.05, 3.63) is 0 Å². The summed E-state index contributed by atoms with van der Waals surface area (Å²) in [6.45, 7) is 0. The average Bonchev–Trinajstić information content (AvgIpc) is 2.49. The molecule has 3 aliphatic rings. The van der Waals surface area contributed by atoms with E-state index in [1.807, 2.05) is 0 Å². The molecule has 0 bridgehead atoms. The Morgan fingerprint density at radius 2 is 0.941 bits per heavy atom. The summed E-state index contributed by atoms with van der Waals surface area (Å²) in [5.74, 6) is 2.39. The Hall–Kier alpha value is 0.217. The highest BCUT2D eigenvalue weighted by molar-refractivity contribution is 6.40. The molecule has 0 N–H and O–H groups in total. The minimum atomic E-state index is 0.250. The lowest BCUT2D eigenvalue weighted by molar-refractivity contribution is 0.305. The van der Waals surface area contributed by atoms with E-state index in [0.29, 0.717) is 0 Å². The van der Waals surface area contributed by atoms with Crippen molar-refractivity contribution in [2.24, 2.45) is 11.8 Å². The predicted octanol–water partition coefficient (Wildman–Crippen LogP) is 4.69. The highest BCUT2D eigenvalue weighted by Gasteiger charge is 2.34. The SMILES string of the molecule is C1CCCC2[SiH2]C3CCCCC3CCC2CC1. The van der Waals surface area contributed by atoms with Crippen molar-refractivity contribution in [3.8, 4) is 0 Å². The van der Waals surface area contributed by atoms with Crippen LogP contribution in [-0.4, -0.2) is 9.52 Å². The molecule has 1 aliphatic heterocycles.